The fourth-order valence-electron chi connectivity index (χ4n) is 5.10. The van der Waals surface area contributed by atoms with Gasteiger partial charge in [0.25, 0.3) is 5.69 Å². The average molecular weight is 643 g/mol. The van der Waals surface area contributed by atoms with Crippen molar-refractivity contribution in [1.29, 1.82) is 0 Å². The molecule has 45 heavy (non-hydrogen) atoms. The van der Waals surface area contributed by atoms with Gasteiger partial charge in [0.05, 0.1) is 24.0 Å². The van der Waals surface area contributed by atoms with E-state index in [4.69, 9.17) is 24.1 Å². The van der Waals surface area contributed by atoms with E-state index in [2.05, 4.69) is 0 Å². The molecule has 14 heteroatoms. The molecule has 1 heterocycles. The van der Waals surface area contributed by atoms with Crippen molar-refractivity contribution in [2.24, 2.45) is 0 Å². The zero-order chi connectivity index (χ0) is 32.6. The van der Waals surface area contributed by atoms with Crippen LogP contribution < -0.4 is 14.2 Å². The molecule has 1 saturated heterocycles. The number of carboxylic acid groups (broad SMARTS) is 1. The van der Waals surface area contributed by atoms with Crippen LogP contribution in [0.1, 0.15) is 42.9 Å². The number of non-ortho nitro benzene ring substituents is 1. The van der Waals surface area contributed by atoms with E-state index in [0.29, 0.717) is 42.7 Å². The second kappa shape index (κ2) is 14.9. The Morgan fingerprint density at radius 1 is 1.02 bits per heavy atom. The molecule has 0 saturated carbocycles. The Hall–Kier alpha value is -4.69. The lowest BCUT2D eigenvalue weighted by Gasteiger charge is -2.34. The van der Waals surface area contributed by atoms with Gasteiger partial charge in [0.2, 0.25) is 10.0 Å². The lowest BCUT2D eigenvalue weighted by Crippen LogP contribution is -2.48. The highest BCUT2D eigenvalue weighted by atomic mass is 32.2. The molecule has 0 aromatic heterocycles. The first-order valence-electron chi connectivity index (χ1n) is 14.2. The van der Waals surface area contributed by atoms with E-state index < -0.39 is 45.6 Å². The number of methoxy groups -OCH3 is 2. The fraction of sp³-hybridized carbons (Fsp3) is 0.355. The summed E-state index contributed by atoms with van der Waals surface area (Å²) < 4.78 is 50.4. The number of nitro benzene ring substituents is 1. The number of nitrogens with zero attached hydrogens (tertiary/aromatic N) is 2. The molecule has 3 aromatic rings. The summed E-state index contributed by atoms with van der Waals surface area (Å²) in [6, 6.07) is 15.4. The number of hydrogen-bond donors (Lipinski definition) is 1. The smallest absolute Gasteiger partial charge is 0.341 e. The molecule has 0 aliphatic carbocycles. The molecule has 0 radical (unpaired) electrons. The molecule has 1 aliphatic heterocycles. The Labute approximate surface area is 260 Å². The van der Waals surface area contributed by atoms with Gasteiger partial charge in [0, 0.05) is 18.7 Å². The Balaban J connectivity index is 1.60. The lowest BCUT2D eigenvalue weighted by molar-refractivity contribution is -0.384. The maximum absolute atomic E-state index is 13.7. The first-order valence-corrected chi connectivity index (χ1v) is 15.6. The number of aryl methyl sites for hydroxylation is 1. The number of carbonyl (C=O) groups is 2. The highest BCUT2D eigenvalue weighted by Gasteiger charge is 2.39. The van der Waals surface area contributed by atoms with Gasteiger partial charge in [-0.1, -0.05) is 18.2 Å². The molecular formula is C31H34N2O11S. The number of ether oxygens (including phenoxy) is 4. The number of piperidine rings is 1. The number of hydrogen-bond acceptors (Lipinski definition) is 10. The van der Waals surface area contributed by atoms with Gasteiger partial charge < -0.3 is 24.1 Å². The zero-order valence-corrected chi connectivity index (χ0v) is 25.6. The van der Waals surface area contributed by atoms with Gasteiger partial charge in [-0.15, -0.1) is 0 Å². The number of carbonyl (C=O) groups excluding carboxylic acids is 1. The van der Waals surface area contributed by atoms with Crippen LogP contribution in [0.3, 0.4) is 0 Å². The van der Waals surface area contributed by atoms with Crippen LogP contribution in [0, 0.1) is 10.1 Å². The van der Waals surface area contributed by atoms with E-state index in [9.17, 15) is 28.1 Å². The maximum Gasteiger partial charge on any atom is 0.341 e. The van der Waals surface area contributed by atoms with Gasteiger partial charge in [-0.05, 0) is 79.6 Å². The SMILES string of the molecule is COc1ccc(CC[C@@H](OC(=O)[C@@H]2CCCCN2S(=O)(=O)c2ccc([N+](=O)[O-])cc2)c2cccc(OCC(=O)O)c2)cc1OC. The Kier molecular flexibility index (Phi) is 11.0. The molecule has 4 rings (SSSR count). The predicted molar refractivity (Wildman–Crippen MR) is 161 cm³/mol. The zero-order valence-electron chi connectivity index (χ0n) is 24.8. The second-order valence-corrected chi connectivity index (χ2v) is 12.2. The Morgan fingerprint density at radius 2 is 1.76 bits per heavy atom. The maximum atomic E-state index is 13.7. The number of aliphatic carboxylic acids is 1. The van der Waals surface area contributed by atoms with Crippen molar-refractivity contribution >= 4 is 27.6 Å². The molecule has 0 spiro atoms. The molecule has 13 nitrogen and oxygen atoms in total. The number of rotatable bonds is 14. The van der Waals surface area contributed by atoms with E-state index in [0.717, 1.165) is 34.1 Å². The quantitative estimate of drug-likeness (QED) is 0.149. The van der Waals surface area contributed by atoms with Gasteiger partial charge in [-0.25, -0.2) is 13.2 Å². The van der Waals surface area contributed by atoms with E-state index in [1.54, 1.807) is 30.3 Å². The van der Waals surface area contributed by atoms with Crippen molar-refractivity contribution in [1.82, 2.24) is 4.31 Å². The van der Waals surface area contributed by atoms with Crippen molar-refractivity contribution in [2.45, 2.75) is 49.1 Å². The molecule has 3 aromatic carbocycles. The first-order chi connectivity index (χ1) is 21.5. The van der Waals surface area contributed by atoms with Crippen LogP contribution in [-0.2, 0) is 30.8 Å². The number of benzene rings is 3. The molecule has 1 aliphatic rings. The minimum absolute atomic E-state index is 0.0773. The van der Waals surface area contributed by atoms with E-state index in [-0.39, 0.29) is 29.3 Å². The summed E-state index contributed by atoms with van der Waals surface area (Å²) in [6.07, 6.45) is 1.25. The standard InChI is InChI=1S/C31H34N2O11S/c1-41-28-16-10-21(18-29(28)42-2)9-15-27(22-6-5-7-24(19-22)43-20-30(34)35)44-31(36)26-8-3-4-17-32(26)45(39,40)25-13-11-23(12-14-25)33(37)38/h5-7,10-14,16,18-19,26-27H,3-4,8-9,15,17,20H2,1-2H3,(H,34,35)/t26-,27+/m0/s1. The molecule has 2 atom stereocenters. The third-order valence-corrected chi connectivity index (χ3v) is 9.30. The summed E-state index contributed by atoms with van der Waals surface area (Å²) >= 11 is 0. The van der Waals surface area contributed by atoms with Crippen molar-refractivity contribution in [2.75, 3.05) is 27.4 Å². The van der Waals surface area contributed by atoms with E-state index >= 15 is 0 Å². The summed E-state index contributed by atoms with van der Waals surface area (Å²) in [5.74, 6) is -0.541. The highest BCUT2D eigenvalue weighted by Crippen LogP contribution is 2.33. The number of esters is 1. The van der Waals surface area contributed by atoms with E-state index in [1.165, 1.54) is 14.2 Å². The van der Waals surface area contributed by atoms with Crippen molar-refractivity contribution in [3.05, 3.63) is 88.0 Å². The van der Waals surface area contributed by atoms with Crippen molar-refractivity contribution < 1.29 is 47.0 Å². The minimum Gasteiger partial charge on any atom is -0.493 e. The summed E-state index contributed by atoms with van der Waals surface area (Å²) in [5.41, 5.74) is 1.15. The van der Waals surface area contributed by atoms with Gasteiger partial charge >= 0.3 is 11.9 Å². The summed E-state index contributed by atoms with van der Waals surface area (Å²) in [5, 5.41) is 20.1. The number of carboxylic acids is 1. The molecule has 1 fully saturated rings. The summed E-state index contributed by atoms with van der Waals surface area (Å²) in [7, 11) is -1.13. The van der Waals surface area contributed by atoms with Crippen molar-refractivity contribution in [3.63, 3.8) is 0 Å². The molecule has 0 bridgehead atoms. The van der Waals surface area contributed by atoms with Gasteiger partial charge in [0.15, 0.2) is 18.1 Å². The molecule has 240 valence electrons. The summed E-state index contributed by atoms with van der Waals surface area (Å²) in [6.45, 7) is -0.481. The van der Waals surface area contributed by atoms with Gasteiger partial charge in [0.1, 0.15) is 17.9 Å². The molecule has 1 N–H and O–H groups in total. The third-order valence-electron chi connectivity index (χ3n) is 7.37. The lowest BCUT2D eigenvalue weighted by atomic mass is 10.00. The largest absolute Gasteiger partial charge is 0.493 e. The first kappa shape index (κ1) is 33.2. The average Bonchev–Trinajstić information content (AvgIpc) is 3.05. The predicted octanol–water partition coefficient (Wildman–Crippen LogP) is 4.54. The minimum atomic E-state index is -4.18. The number of sulfonamides is 1. The van der Waals surface area contributed by atoms with Crippen LogP contribution in [0.5, 0.6) is 17.2 Å². The summed E-state index contributed by atoms with van der Waals surface area (Å²) in [4.78, 5) is 35.0. The second-order valence-electron chi connectivity index (χ2n) is 10.3. The fourth-order valence-corrected chi connectivity index (χ4v) is 6.75. The van der Waals surface area contributed by atoms with Crippen LogP contribution in [0.4, 0.5) is 5.69 Å². The van der Waals surface area contributed by atoms with Crippen LogP contribution in [0.15, 0.2) is 71.6 Å². The monoisotopic (exact) mass is 642 g/mol. The van der Waals surface area contributed by atoms with Crippen LogP contribution >= 0.6 is 0 Å². The molecule has 0 unspecified atom stereocenters. The number of nitro groups is 1. The van der Waals surface area contributed by atoms with E-state index in [1.807, 2.05) is 12.1 Å². The Bertz CT molecular complexity index is 1630. The Morgan fingerprint density at radius 3 is 2.42 bits per heavy atom. The molecular weight excluding hydrogens is 608 g/mol. The highest BCUT2D eigenvalue weighted by molar-refractivity contribution is 7.89. The van der Waals surface area contributed by atoms with Crippen molar-refractivity contribution in [3.8, 4) is 17.2 Å². The van der Waals surface area contributed by atoms with Crippen LogP contribution in [0.2, 0.25) is 0 Å². The van der Waals surface area contributed by atoms with Crippen LogP contribution in [0.25, 0.3) is 0 Å². The van der Waals surface area contributed by atoms with Gasteiger partial charge in [-0.3, -0.25) is 14.9 Å². The molecule has 0 amide bonds. The normalized spacial score (nSPS) is 15.9. The third kappa shape index (κ3) is 8.28. The van der Waals surface area contributed by atoms with Gasteiger partial charge in [-0.2, -0.15) is 4.31 Å². The van der Waals surface area contributed by atoms with Crippen LogP contribution in [-0.4, -0.2) is 68.1 Å². The topological polar surface area (TPSA) is 172 Å².